The third-order valence-electron chi connectivity index (χ3n) is 4.30. The zero-order valence-corrected chi connectivity index (χ0v) is 11.5. The van der Waals surface area contributed by atoms with Gasteiger partial charge >= 0.3 is 5.97 Å². The van der Waals surface area contributed by atoms with E-state index in [0.29, 0.717) is 18.7 Å². The highest BCUT2D eigenvalue weighted by atomic mass is 16.4. The fourth-order valence-electron chi connectivity index (χ4n) is 2.66. The van der Waals surface area contributed by atoms with Crippen molar-refractivity contribution in [3.8, 4) is 11.4 Å². The van der Waals surface area contributed by atoms with Crippen LogP contribution in [-0.2, 0) is 10.3 Å². The molecular formula is C14H16N4O2. The summed E-state index contributed by atoms with van der Waals surface area (Å²) in [4.78, 5) is 11.6. The van der Waals surface area contributed by atoms with Crippen LogP contribution in [0.2, 0.25) is 0 Å². The summed E-state index contributed by atoms with van der Waals surface area (Å²) >= 11 is 0. The Bertz CT molecular complexity index is 674. The van der Waals surface area contributed by atoms with Gasteiger partial charge in [0.15, 0.2) is 11.4 Å². The largest absolute Gasteiger partial charge is 0.479 e. The second-order valence-electron chi connectivity index (χ2n) is 5.35. The van der Waals surface area contributed by atoms with Gasteiger partial charge in [0.25, 0.3) is 0 Å². The highest BCUT2D eigenvalue weighted by Gasteiger charge is 2.49. The van der Waals surface area contributed by atoms with E-state index in [4.69, 9.17) is 0 Å². The van der Waals surface area contributed by atoms with Crippen LogP contribution in [0.15, 0.2) is 18.2 Å². The molecule has 0 saturated heterocycles. The van der Waals surface area contributed by atoms with Crippen molar-refractivity contribution >= 4 is 5.97 Å². The number of carbonyl (C=O) groups is 1. The predicted molar refractivity (Wildman–Crippen MR) is 72.2 cm³/mol. The molecule has 6 nitrogen and oxygen atoms in total. The maximum Gasteiger partial charge on any atom is 0.331 e. The zero-order valence-electron chi connectivity index (χ0n) is 11.5. The molecule has 1 fully saturated rings. The summed E-state index contributed by atoms with van der Waals surface area (Å²) in [6, 6.07) is 5.88. The topological polar surface area (TPSA) is 80.9 Å². The Morgan fingerprint density at radius 3 is 2.70 bits per heavy atom. The van der Waals surface area contributed by atoms with Gasteiger partial charge in [0.2, 0.25) is 0 Å². The molecule has 1 aromatic heterocycles. The molecule has 0 unspecified atom stereocenters. The molecule has 20 heavy (non-hydrogen) atoms. The van der Waals surface area contributed by atoms with Gasteiger partial charge in [-0.15, -0.1) is 5.10 Å². The maximum atomic E-state index is 11.6. The summed E-state index contributed by atoms with van der Waals surface area (Å²) < 4.78 is 1.49. The lowest BCUT2D eigenvalue weighted by Crippen LogP contribution is -2.48. The van der Waals surface area contributed by atoms with Crippen LogP contribution in [0.1, 0.15) is 30.4 Å². The Kier molecular flexibility index (Phi) is 2.81. The van der Waals surface area contributed by atoms with Gasteiger partial charge in [-0.05, 0) is 54.7 Å². The van der Waals surface area contributed by atoms with Crippen LogP contribution in [0, 0.1) is 13.8 Å². The number of hydrogen-bond acceptors (Lipinski definition) is 4. The summed E-state index contributed by atoms with van der Waals surface area (Å²) in [7, 11) is 0. The minimum Gasteiger partial charge on any atom is -0.479 e. The van der Waals surface area contributed by atoms with Gasteiger partial charge in [-0.2, -0.15) is 0 Å². The van der Waals surface area contributed by atoms with E-state index >= 15 is 0 Å². The van der Waals surface area contributed by atoms with Gasteiger partial charge < -0.3 is 5.11 Å². The summed E-state index contributed by atoms with van der Waals surface area (Å²) in [5.41, 5.74) is 2.12. The molecule has 1 aliphatic carbocycles. The van der Waals surface area contributed by atoms with Crippen LogP contribution >= 0.6 is 0 Å². The molecular weight excluding hydrogens is 256 g/mol. The summed E-state index contributed by atoms with van der Waals surface area (Å²) in [6.07, 6.45) is 2.04. The monoisotopic (exact) mass is 272 g/mol. The van der Waals surface area contributed by atoms with Crippen LogP contribution in [0.25, 0.3) is 11.4 Å². The SMILES string of the molecule is Cc1cccc(-c2nnnn2C2(C(=O)O)CCC2)c1C. The van der Waals surface area contributed by atoms with Crippen LogP contribution in [0.3, 0.4) is 0 Å². The van der Waals surface area contributed by atoms with Crippen LogP contribution in [0.4, 0.5) is 0 Å². The Morgan fingerprint density at radius 2 is 2.10 bits per heavy atom. The molecule has 1 aromatic carbocycles. The number of aliphatic carboxylic acids is 1. The zero-order chi connectivity index (χ0) is 14.3. The first-order chi connectivity index (χ1) is 9.56. The van der Waals surface area contributed by atoms with E-state index in [2.05, 4.69) is 15.5 Å². The quantitative estimate of drug-likeness (QED) is 0.923. The molecule has 1 heterocycles. The first kappa shape index (κ1) is 12.8. The molecule has 3 rings (SSSR count). The molecule has 0 aliphatic heterocycles. The fraction of sp³-hybridized carbons (Fsp3) is 0.429. The van der Waals surface area contributed by atoms with Crippen molar-refractivity contribution < 1.29 is 9.90 Å². The van der Waals surface area contributed by atoms with Crippen LogP contribution in [-0.4, -0.2) is 31.3 Å². The van der Waals surface area contributed by atoms with Gasteiger partial charge in [0, 0.05) is 5.56 Å². The molecule has 0 spiro atoms. The van der Waals surface area contributed by atoms with Gasteiger partial charge in [0.1, 0.15) is 0 Å². The molecule has 0 radical (unpaired) electrons. The van der Waals surface area contributed by atoms with E-state index in [0.717, 1.165) is 23.1 Å². The number of hydrogen-bond donors (Lipinski definition) is 1. The Balaban J connectivity index is 2.16. The van der Waals surface area contributed by atoms with Crippen LogP contribution < -0.4 is 0 Å². The summed E-state index contributed by atoms with van der Waals surface area (Å²) in [5, 5.41) is 21.2. The van der Waals surface area contributed by atoms with Crippen molar-refractivity contribution in [2.75, 3.05) is 0 Å². The molecule has 0 amide bonds. The fourth-order valence-corrected chi connectivity index (χ4v) is 2.66. The third-order valence-corrected chi connectivity index (χ3v) is 4.30. The second kappa shape index (κ2) is 4.40. The van der Waals surface area contributed by atoms with E-state index in [1.807, 2.05) is 32.0 Å². The molecule has 2 aromatic rings. The van der Waals surface area contributed by atoms with Gasteiger partial charge in [-0.3, -0.25) is 0 Å². The highest BCUT2D eigenvalue weighted by Crippen LogP contribution is 2.41. The Labute approximate surface area is 116 Å². The van der Waals surface area contributed by atoms with Crippen molar-refractivity contribution in [2.45, 2.75) is 38.6 Å². The number of aryl methyl sites for hydroxylation is 1. The van der Waals surface area contributed by atoms with E-state index in [1.165, 1.54) is 4.68 Å². The lowest BCUT2D eigenvalue weighted by atomic mass is 9.76. The maximum absolute atomic E-state index is 11.6. The summed E-state index contributed by atoms with van der Waals surface area (Å²) in [5.74, 6) is -0.323. The Morgan fingerprint density at radius 1 is 1.35 bits per heavy atom. The van der Waals surface area contributed by atoms with E-state index < -0.39 is 11.5 Å². The minimum absolute atomic E-state index is 0.535. The number of carboxylic acids is 1. The minimum atomic E-state index is -0.977. The lowest BCUT2D eigenvalue weighted by molar-refractivity contribution is -0.153. The van der Waals surface area contributed by atoms with E-state index in [-0.39, 0.29) is 0 Å². The second-order valence-corrected chi connectivity index (χ2v) is 5.35. The molecule has 1 aliphatic rings. The van der Waals surface area contributed by atoms with E-state index in [9.17, 15) is 9.90 Å². The Hall–Kier alpha value is -2.24. The number of nitrogens with zero attached hydrogens (tertiary/aromatic N) is 4. The van der Waals surface area contributed by atoms with Gasteiger partial charge in [-0.1, -0.05) is 18.2 Å². The average Bonchev–Trinajstić information content (AvgIpc) is 2.80. The molecule has 1 saturated carbocycles. The molecule has 6 heteroatoms. The van der Waals surface area contributed by atoms with E-state index in [1.54, 1.807) is 0 Å². The highest BCUT2D eigenvalue weighted by molar-refractivity contribution is 5.79. The van der Waals surface area contributed by atoms with Crippen molar-refractivity contribution in [1.29, 1.82) is 0 Å². The lowest BCUT2D eigenvalue weighted by Gasteiger charge is -2.37. The van der Waals surface area contributed by atoms with Gasteiger partial charge in [-0.25, -0.2) is 9.48 Å². The number of rotatable bonds is 3. The molecule has 1 N–H and O–H groups in total. The molecule has 0 atom stereocenters. The number of carboxylic acid groups (broad SMARTS) is 1. The number of aromatic nitrogens is 4. The number of benzene rings is 1. The average molecular weight is 272 g/mol. The first-order valence-corrected chi connectivity index (χ1v) is 6.65. The third kappa shape index (κ3) is 1.64. The van der Waals surface area contributed by atoms with Crippen molar-refractivity contribution in [3.63, 3.8) is 0 Å². The smallest absolute Gasteiger partial charge is 0.331 e. The summed E-state index contributed by atoms with van der Waals surface area (Å²) in [6.45, 7) is 4.02. The number of tetrazole rings is 1. The van der Waals surface area contributed by atoms with Gasteiger partial charge in [0.05, 0.1) is 0 Å². The first-order valence-electron chi connectivity index (χ1n) is 6.65. The standard InChI is InChI=1S/C14H16N4O2/c1-9-5-3-6-11(10(9)2)12-15-16-17-18(12)14(13(19)20)7-4-8-14/h3,5-6H,4,7-8H2,1-2H3,(H,19,20). The van der Waals surface area contributed by atoms with Crippen LogP contribution in [0.5, 0.6) is 0 Å². The molecule has 0 bridgehead atoms. The van der Waals surface area contributed by atoms with Crippen molar-refractivity contribution in [2.24, 2.45) is 0 Å². The normalized spacial score (nSPS) is 16.7. The van der Waals surface area contributed by atoms with Crippen molar-refractivity contribution in [1.82, 2.24) is 20.2 Å². The van der Waals surface area contributed by atoms with Crippen molar-refractivity contribution in [3.05, 3.63) is 29.3 Å². The molecule has 104 valence electrons. The predicted octanol–water partition coefficient (Wildman–Crippen LogP) is 1.92.